The molecule has 0 atom stereocenters. The van der Waals surface area contributed by atoms with Gasteiger partial charge in [0.05, 0.1) is 0 Å². The largest absolute Gasteiger partial charge is 0.381 e. The fraction of sp³-hybridized carbons (Fsp3) is 0.800. The van der Waals surface area contributed by atoms with Gasteiger partial charge in [0.1, 0.15) is 0 Å². The molecule has 0 fully saturated rings. The molecule has 1 heteroatoms. The molecular weight excluding hydrogens is 134 g/mol. The van der Waals surface area contributed by atoms with Gasteiger partial charge in [0.15, 0.2) is 0 Å². The SMILES string of the molecule is CC/C=C(/CC(C)C)N(C)C. The highest BCUT2D eigenvalue weighted by atomic mass is 15.1. The van der Waals surface area contributed by atoms with E-state index in [4.69, 9.17) is 0 Å². The summed E-state index contributed by atoms with van der Waals surface area (Å²) in [5, 5.41) is 0. The second-order valence-electron chi connectivity index (χ2n) is 3.60. The van der Waals surface area contributed by atoms with Crippen LogP contribution in [0.4, 0.5) is 0 Å². The lowest BCUT2D eigenvalue weighted by atomic mass is 10.1. The highest BCUT2D eigenvalue weighted by molar-refractivity contribution is 4.99. The predicted molar refractivity (Wildman–Crippen MR) is 51.5 cm³/mol. The first-order chi connectivity index (χ1) is 5.07. The van der Waals surface area contributed by atoms with Crippen molar-refractivity contribution in [2.24, 2.45) is 5.92 Å². The van der Waals surface area contributed by atoms with Crippen LogP contribution in [0.3, 0.4) is 0 Å². The maximum atomic E-state index is 2.31. The molecule has 0 aromatic carbocycles. The van der Waals surface area contributed by atoms with Crippen molar-refractivity contribution in [3.05, 3.63) is 11.8 Å². The van der Waals surface area contributed by atoms with E-state index in [9.17, 15) is 0 Å². The first-order valence-corrected chi connectivity index (χ1v) is 4.44. The normalized spacial score (nSPS) is 12.4. The summed E-state index contributed by atoms with van der Waals surface area (Å²) in [6.07, 6.45) is 4.64. The predicted octanol–water partition coefficient (Wildman–Crippen LogP) is 2.89. The summed E-state index contributed by atoms with van der Waals surface area (Å²) >= 11 is 0. The number of hydrogen-bond donors (Lipinski definition) is 0. The molecule has 0 heterocycles. The Balaban J connectivity index is 4.01. The lowest BCUT2D eigenvalue weighted by Crippen LogP contribution is -2.12. The fourth-order valence-corrected chi connectivity index (χ4v) is 1.10. The molecule has 0 aromatic heterocycles. The molecule has 11 heavy (non-hydrogen) atoms. The number of hydrogen-bond acceptors (Lipinski definition) is 1. The van der Waals surface area contributed by atoms with Crippen molar-refractivity contribution in [3.8, 4) is 0 Å². The molecule has 0 unspecified atom stereocenters. The van der Waals surface area contributed by atoms with E-state index in [1.807, 2.05) is 0 Å². The highest BCUT2D eigenvalue weighted by Crippen LogP contribution is 2.12. The van der Waals surface area contributed by atoms with Crippen LogP contribution in [0.1, 0.15) is 33.6 Å². The van der Waals surface area contributed by atoms with Crippen LogP contribution in [-0.2, 0) is 0 Å². The molecule has 0 spiro atoms. The zero-order chi connectivity index (χ0) is 8.85. The molecule has 0 aliphatic rings. The summed E-state index contributed by atoms with van der Waals surface area (Å²) < 4.78 is 0. The molecule has 1 nitrogen and oxygen atoms in total. The summed E-state index contributed by atoms with van der Waals surface area (Å²) in [7, 11) is 4.23. The summed E-state index contributed by atoms with van der Waals surface area (Å²) in [5.74, 6) is 0.759. The average molecular weight is 155 g/mol. The van der Waals surface area contributed by atoms with Gasteiger partial charge in [0, 0.05) is 19.8 Å². The van der Waals surface area contributed by atoms with Gasteiger partial charge in [-0.25, -0.2) is 0 Å². The molecule has 0 amide bonds. The molecule has 66 valence electrons. The van der Waals surface area contributed by atoms with Crippen LogP contribution in [0, 0.1) is 5.92 Å². The van der Waals surface area contributed by atoms with Crippen molar-refractivity contribution in [2.45, 2.75) is 33.6 Å². The molecular formula is C10H21N. The van der Waals surface area contributed by atoms with Crippen LogP contribution >= 0.6 is 0 Å². The van der Waals surface area contributed by atoms with Gasteiger partial charge in [-0.2, -0.15) is 0 Å². The third kappa shape index (κ3) is 4.88. The Morgan fingerprint density at radius 1 is 1.36 bits per heavy atom. The first-order valence-electron chi connectivity index (χ1n) is 4.44. The van der Waals surface area contributed by atoms with E-state index >= 15 is 0 Å². The van der Waals surface area contributed by atoms with Crippen LogP contribution in [0.5, 0.6) is 0 Å². The van der Waals surface area contributed by atoms with E-state index in [1.54, 1.807) is 0 Å². The average Bonchev–Trinajstić information content (AvgIpc) is 1.86. The Bertz CT molecular complexity index is 123. The van der Waals surface area contributed by atoms with Gasteiger partial charge < -0.3 is 4.90 Å². The van der Waals surface area contributed by atoms with Crippen LogP contribution in [0.25, 0.3) is 0 Å². The maximum Gasteiger partial charge on any atom is 0.00894 e. The van der Waals surface area contributed by atoms with E-state index in [0.29, 0.717) is 0 Å². The minimum Gasteiger partial charge on any atom is -0.381 e. The van der Waals surface area contributed by atoms with Crippen LogP contribution in [-0.4, -0.2) is 19.0 Å². The number of nitrogens with zero attached hydrogens (tertiary/aromatic N) is 1. The van der Waals surface area contributed by atoms with Crippen molar-refractivity contribution in [3.63, 3.8) is 0 Å². The summed E-state index contributed by atoms with van der Waals surface area (Å²) in [4.78, 5) is 2.21. The smallest absolute Gasteiger partial charge is 0.00894 e. The van der Waals surface area contributed by atoms with Crippen LogP contribution in [0.2, 0.25) is 0 Å². The highest BCUT2D eigenvalue weighted by Gasteiger charge is 2.01. The Morgan fingerprint density at radius 3 is 2.18 bits per heavy atom. The standard InChI is InChI=1S/C10H21N/c1-6-7-10(11(4)5)8-9(2)3/h7,9H,6,8H2,1-5H3/b10-7-. The summed E-state index contributed by atoms with van der Waals surface area (Å²) in [6.45, 7) is 6.70. The first kappa shape index (κ1) is 10.5. The number of rotatable bonds is 4. The second-order valence-corrected chi connectivity index (χ2v) is 3.60. The van der Waals surface area contributed by atoms with Gasteiger partial charge in [0.25, 0.3) is 0 Å². The lowest BCUT2D eigenvalue weighted by Gasteiger charge is -2.18. The second kappa shape index (κ2) is 5.22. The monoisotopic (exact) mass is 155 g/mol. The zero-order valence-electron chi connectivity index (χ0n) is 8.52. The topological polar surface area (TPSA) is 3.24 Å². The van der Waals surface area contributed by atoms with Gasteiger partial charge in [-0.05, 0) is 18.8 Å². The molecule has 0 aromatic rings. The molecule has 0 aliphatic carbocycles. The summed E-state index contributed by atoms with van der Waals surface area (Å²) in [6, 6.07) is 0. The lowest BCUT2D eigenvalue weighted by molar-refractivity contribution is 0.450. The Kier molecular flexibility index (Phi) is 5.01. The summed E-state index contributed by atoms with van der Waals surface area (Å²) in [5.41, 5.74) is 1.46. The number of allylic oxidation sites excluding steroid dienone is 2. The van der Waals surface area contributed by atoms with Crippen molar-refractivity contribution in [1.29, 1.82) is 0 Å². The third-order valence-electron chi connectivity index (χ3n) is 1.63. The molecule has 0 bridgehead atoms. The van der Waals surface area contributed by atoms with Crippen molar-refractivity contribution >= 4 is 0 Å². The van der Waals surface area contributed by atoms with Crippen molar-refractivity contribution in [1.82, 2.24) is 4.90 Å². The molecule has 0 aliphatic heterocycles. The minimum absolute atomic E-state index is 0.759. The zero-order valence-corrected chi connectivity index (χ0v) is 8.52. The molecule has 0 saturated carbocycles. The van der Waals surface area contributed by atoms with Crippen LogP contribution < -0.4 is 0 Å². The molecule has 0 saturated heterocycles. The van der Waals surface area contributed by atoms with E-state index in [-0.39, 0.29) is 0 Å². The van der Waals surface area contributed by atoms with Gasteiger partial charge in [-0.15, -0.1) is 0 Å². The van der Waals surface area contributed by atoms with Gasteiger partial charge in [-0.1, -0.05) is 26.8 Å². The molecule has 0 radical (unpaired) electrons. The van der Waals surface area contributed by atoms with E-state index < -0.39 is 0 Å². The quantitative estimate of drug-likeness (QED) is 0.603. The van der Waals surface area contributed by atoms with E-state index in [0.717, 1.165) is 12.3 Å². The van der Waals surface area contributed by atoms with Crippen molar-refractivity contribution < 1.29 is 0 Å². The Morgan fingerprint density at radius 2 is 1.91 bits per heavy atom. The van der Waals surface area contributed by atoms with E-state index in [1.165, 1.54) is 12.1 Å². The molecule has 0 rings (SSSR count). The van der Waals surface area contributed by atoms with Crippen LogP contribution in [0.15, 0.2) is 11.8 Å². The Labute approximate surface area is 71.1 Å². The molecule has 0 N–H and O–H groups in total. The van der Waals surface area contributed by atoms with E-state index in [2.05, 4.69) is 45.8 Å². The van der Waals surface area contributed by atoms with Gasteiger partial charge >= 0.3 is 0 Å². The minimum atomic E-state index is 0.759. The fourth-order valence-electron chi connectivity index (χ4n) is 1.10. The third-order valence-corrected chi connectivity index (χ3v) is 1.63. The van der Waals surface area contributed by atoms with Crippen molar-refractivity contribution in [2.75, 3.05) is 14.1 Å². The van der Waals surface area contributed by atoms with Gasteiger partial charge in [0.2, 0.25) is 0 Å². The Hall–Kier alpha value is -0.460. The van der Waals surface area contributed by atoms with Gasteiger partial charge in [-0.3, -0.25) is 0 Å². The maximum absolute atomic E-state index is 2.31.